The summed E-state index contributed by atoms with van der Waals surface area (Å²) < 4.78 is 47.4. The van der Waals surface area contributed by atoms with Gasteiger partial charge in [-0.25, -0.2) is 9.37 Å². The molecule has 0 radical (unpaired) electrons. The van der Waals surface area contributed by atoms with Gasteiger partial charge in [0.15, 0.2) is 5.75 Å². The van der Waals surface area contributed by atoms with Crippen molar-refractivity contribution >= 4 is 37.5 Å². The Balaban J connectivity index is 1.58. The third kappa shape index (κ3) is 4.91. The lowest BCUT2D eigenvalue weighted by molar-refractivity contribution is 0.486. The Morgan fingerprint density at radius 2 is 1.63 bits per heavy atom. The van der Waals surface area contributed by atoms with Gasteiger partial charge in [-0.3, -0.25) is 4.40 Å². The number of nitrogens with zero attached hydrogens (tertiary/aromatic N) is 2. The largest absolute Gasteiger partial charge is 0.378 e. The van der Waals surface area contributed by atoms with Gasteiger partial charge in [0.1, 0.15) is 27.9 Å². The second-order valence-corrected chi connectivity index (χ2v) is 10.2. The lowest BCUT2D eigenvalue weighted by atomic mass is 10.1. The van der Waals surface area contributed by atoms with E-state index >= 15 is 0 Å². The van der Waals surface area contributed by atoms with Gasteiger partial charge in [0.05, 0.1) is 0 Å². The van der Waals surface area contributed by atoms with Gasteiger partial charge in [0.25, 0.3) is 0 Å². The molecule has 0 aliphatic heterocycles. The predicted molar refractivity (Wildman–Crippen MR) is 136 cm³/mol. The normalized spacial score (nSPS) is 11.5. The van der Waals surface area contributed by atoms with Crippen LogP contribution in [0.1, 0.15) is 5.56 Å². The Hall–Kier alpha value is -3.69. The van der Waals surface area contributed by atoms with Crippen molar-refractivity contribution in [2.24, 2.45) is 0 Å². The van der Waals surface area contributed by atoms with Gasteiger partial charge in [0, 0.05) is 22.8 Å². The smallest absolute Gasteiger partial charge is 0.339 e. The van der Waals surface area contributed by atoms with Gasteiger partial charge in [0.2, 0.25) is 0 Å². The number of halogens is 2. The number of aromatic nitrogens is 2. The molecule has 0 fully saturated rings. The molecule has 5 rings (SSSR count). The molecule has 35 heavy (non-hydrogen) atoms. The number of pyridine rings is 1. The van der Waals surface area contributed by atoms with Crippen LogP contribution in [0.2, 0.25) is 0 Å². The molecule has 2 heterocycles. The molecular weight excluding hydrogens is 533 g/mol. The molecule has 3 aromatic carbocycles. The van der Waals surface area contributed by atoms with E-state index in [9.17, 15) is 12.8 Å². The molecule has 1 N–H and O–H groups in total. The molecule has 6 nitrogen and oxygen atoms in total. The van der Waals surface area contributed by atoms with Crippen LogP contribution in [0.25, 0.3) is 16.9 Å². The van der Waals surface area contributed by atoms with Crippen molar-refractivity contribution in [2.45, 2.75) is 11.4 Å². The maximum Gasteiger partial charge on any atom is 0.339 e. The fourth-order valence-corrected chi connectivity index (χ4v) is 4.94. The third-order valence-corrected chi connectivity index (χ3v) is 7.05. The topological polar surface area (TPSA) is 72.7 Å². The monoisotopic (exact) mass is 551 g/mol. The van der Waals surface area contributed by atoms with Crippen LogP contribution in [0, 0.1) is 5.82 Å². The number of rotatable bonds is 7. The van der Waals surface area contributed by atoms with Crippen molar-refractivity contribution in [3.8, 4) is 17.0 Å². The van der Waals surface area contributed by atoms with Crippen LogP contribution in [0.15, 0.2) is 107 Å². The first kappa shape index (κ1) is 23.1. The van der Waals surface area contributed by atoms with Gasteiger partial charge in [-0.2, -0.15) is 8.42 Å². The summed E-state index contributed by atoms with van der Waals surface area (Å²) in [5.74, 6) is 0.261. The average Bonchev–Trinajstić information content (AvgIpc) is 3.21. The van der Waals surface area contributed by atoms with Gasteiger partial charge in [-0.15, -0.1) is 0 Å². The molecule has 5 aromatic rings. The summed E-state index contributed by atoms with van der Waals surface area (Å²) in [5, 5.41) is 3.44. The maximum atomic E-state index is 13.3. The molecule has 0 spiro atoms. The summed E-state index contributed by atoms with van der Waals surface area (Å²) in [5.41, 5.74) is 2.78. The van der Waals surface area contributed by atoms with Crippen LogP contribution in [-0.4, -0.2) is 17.8 Å². The molecule has 9 heteroatoms. The van der Waals surface area contributed by atoms with Crippen molar-refractivity contribution in [3.63, 3.8) is 0 Å². The van der Waals surface area contributed by atoms with Crippen molar-refractivity contribution in [1.29, 1.82) is 0 Å². The number of hydrogen-bond acceptors (Lipinski definition) is 5. The number of anilines is 1. The summed E-state index contributed by atoms with van der Waals surface area (Å²) in [6, 6.07) is 24.9. The van der Waals surface area contributed by atoms with Gasteiger partial charge >= 0.3 is 10.1 Å². The Kier molecular flexibility index (Phi) is 6.27. The highest BCUT2D eigenvalue weighted by Crippen LogP contribution is 2.37. The molecule has 0 unspecified atom stereocenters. The van der Waals surface area contributed by atoms with E-state index in [2.05, 4.69) is 21.2 Å². The summed E-state index contributed by atoms with van der Waals surface area (Å²) in [6.45, 7) is 0.533. The molecule has 2 aromatic heterocycles. The van der Waals surface area contributed by atoms with E-state index in [0.717, 1.165) is 22.2 Å². The number of hydrogen-bond donors (Lipinski definition) is 1. The molecule has 0 atom stereocenters. The second-order valence-electron chi connectivity index (χ2n) is 7.71. The first-order valence-corrected chi connectivity index (χ1v) is 12.9. The van der Waals surface area contributed by atoms with Crippen LogP contribution in [0.5, 0.6) is 5.75 Å². The van der Waals surface area contributed by atoms with Crippen LogP contribution >= 0.6 is 15.9 Å². The lowest BCUT2D eigenvalue weighted by Gasteiger charge is -2.13. The van der Waals surface area contributed by atoms with Crippen molar-refractivity contribution in [3.05, 3.63) is 113 Å². The third-order valence-electron chi connectivity index (χ3n) is 5.33. The number of imidazole rings is 1. The highest BCUT2D eigenvalue weighted by Gasteiger charge is 2.22. The van der Waals surface area contributed by atoms with E-state index in [1.807, 2.05) is 53.1 Å². The zero-order chi connectivity index (χ0) is 24.4. The minimum Gasteiger partial charge on any atom is -0.378 e. The van der Waals surface area contributed by atoms with Crippen LogP contribution in [0.3, 0.4) is 0 Å². The van der Waals surface area contributed by atoms with Crippen LogP contribution < -0.4 is 9.50 Å². The fourth-order valence-electron chi connectivity index (χ4n) is 3.66. The number of nitrogens with one attached hydrogen (secondary N) is 1. The zero-order valence-corrected chi connectivity index (χ0v) is 20.6. The van der Waals surface area contributed by atoms with E-state index in [4.69, 9.17) is 9.17 Å². The molecule has 0 saturated carbocycles. The quantitative estimate of drug-likeness (QED) is 0.241. The Labute approximate surface area is 210 Å². The highest BCUT2D eigenvalue weighted by atomic mass is 79.9. The van der Waals surface area contributed by atoms with Gasteiger partial charge < -0.3 is 9.50 Å². The summed E-state index contributed by atoms with van der Waals surface area (Å²) in [6.07, 6.45) is 1.89. The Morgan fingerprint density at radius 3 is 2.40 bits per heavy atom. The summed E-state index contributed by atoms with van der Waals surface area (Å²) in [4.78, 5) is 4.62. The van der Waals surface area contributed by atoms with Gasteiger partial charge in [-0.1, -0.05) is 42.5 Å². The van der Waals surface area contributed by atoms with E-state index in [1.54, 1.807) is 24.3 Å². The molecule has 0 amide bonds. The number of fused-ring (bicyclic) bond motifs is 1. The first-order chi connectivity index (χ1) is 16.9. The van der Waals surface area contributed by atoms with E-state index in [-0.39, 0.29) is 10.6 Å². The maximum absolute atomic E-state index is 13.3. The van der Waals surface area contributed by atoms with Crippen molar-refractivity contribution in [1.82, 2.24) is 9.38 Å². The fraction of sp³-hybridized carbons (Fsp3) is 0.0385. The molecule has 176 valence electrons. The van der Waals surface area contributed by atoms with E-state index in [0.29, 0.717) is 29.3 Å². The second kappa shape index (κ2) is 9.52. The van der Waals surface area contributed by atoms with Gasteiger partial charge in [-0.05, 0) is 70.0 Å². The molecule has 0 saturated heterocycles. The SMILES string of the molecule is O=S(=O)(Oc1ccccc1-c1nc2ccc(Br)cn2c1NCc1ccccc1)c1ccc(F)cc1. The number of para-hydroxylation sites is 1. The first-order valence-electron chi connectivity index (χ1n) is 10.7. The van der Waals surface area contributed by atoms with Crippen molar-refractivity contribution in [2.75, 3.05) is 5.32 Å². The Bertz CT molecular complexity index is 1600. The summed E-state index contributed by atoms with van der Waals surface area (Å²) in [7, 11) is -4.19. The minimum atomic E-state index is -4.19. The molecule has 0 aliphatic carbocycles. The van der Waals surface area contributed by atoms with Crippen LogP contribution in [0.4, 0.5) is 10.2 Å². The zero-order valence-electron chi connectivity index (χ0n) is 18.2. The molecular formula is C26H19BrFN3O3S. The highest BCUT2D eigenvalue weighted by molar-refractivity contribution is 9.10. The lowest BCUT2D eigenvalue weighted by Crippen LogP contribution is -2.10. The number of benzene rings is 3. The summed E-state index contributed by atoms with van der Waals surface area (Å²) >= 11 is 3.51. The van der Waals surface area contributed by atoms with Crippen LogP contribution in [-0.2, 0) is 16.7 Å². The van der Waals surface area contributed by atoms with E-state index in [1.165, 1.54) is 12.1 Å². The van der Waals surface area contributed by atoms with Crippen molar-refractivity contribution < 1.29 is 17.0 Å². The predicted octanol–water partition coefficient (Wildman–Crippen LogP) is 6.28. The average molecular weight is 552 g/mol. The molecule has 0 aliphatic rings. The minimum absolute atomic E-state index is 0.113. The van der Waals surface area contributed by atoms with E-state index < -0.39 is 15.9 Å². The molecule has 0 bridgehead atoms. The Morgan fingerprint density at radius 1 is 0.914 bits per heavy atom. The standard InChI is InChI=1S/C26H19BrFN3O3S/c27-19-10-15-24-30-25(26(31(24)17-19)29-16-18-6-2-1-3-7-18)22-8-4-5-9-23(22)34-35(32,33)21-13-11-20(28)12-14-21/h1-15,17,29H,16H2.